The van der Waals surface area contributed by atoms with Crippen LogP contribution in [0.15, 0.2) is 24.3 Å². The van der Waals surface area contributed by atoms with Crippen LogP contribution in [0.5, 0.6) is 5.75 Å². The van der Waals surface area contributed by atoms with E-state index in [2.05, 4.69) is 44.7 Å². The van der Waals surface area contributed by atoms with E-state index in [1.165, 1.54) is 30.2 Å². The number of ether oxygens (including phenoxy) is 1. The Morgan fingerprint density at radius 3 is 2.75 bits per heavy atom. The topological polar surface area (TPSA) is 25.4 Å². The molecule has 1 aliphatic carbocycles. The molecule has 0 unspecified atom stereocenters. The third-order valence-corrected chi connectivity index (χ3v) is 5.92. The number of aryl methyl sites for hydroxylation is 1. The molecule has 128 valence electrons. The zero-order valence-corrected chi connectivity index (χ0v) is 15.5. The largest absolute Gasteiger partial charge is 0.494 e. The van der Waals surface area contributed by atoms with Crippen LogP contribution in [0.1, 0.15) is 45.6 Å². The molecule has 0 spiro atoms. The predicted octanol–water partition coefficient (Wildman–Crippen LogP) is 4.96. The lowest BCUT2D eigenvalue weighted by Crippen LogP contribution is -2.35. The van der Waals surface area contributed by atoms with Gasteiger partial charge in [0.25, 0.3) is 0 Å². The number of hydrogen-bond acceptors (Lipinski definition) is 3. The second-order valence-electron chi connectivity index (χ2n) is 9.00. The van der Waals surface area contributed by atoms with Crippen LogP contribution < -0.4 is 9.64 Å². The molecule has 3 nitrogen and oxygen atoms in total. The van der Waals surface area contributed by atoms with E-state index in [0.29, 0.717) is 16.9 Å². The maximum absolute atomic E-state index is 5.56. The van der Waals surface area contributed by atoms with E-state index in [1.54, 1.807) is 7.11 Å². The number of nitrogens with zero attached hydrogens (tertiary/aromatic N) is 2. The minimum absolute atomic E-state index is 0.414. The van der Waals surface area contributed by atoms with Gasteiger partial charge >= 0.3 is 0 Å². The summed E-state index contributed by atoms with van der Waals surface area (Å²) >= 11 is 0. The first kappa shape index (κ1) is 15.7. The molecule has 4 rings (SSSR count). The number of aromatic nitrogens is 1. The molecule has 1 aromatic carbocycles. The van der Waals surface area contributed by atoms with E-state index >= 15 is 0 Å². The van der Waals surface area contributed by atoms with Gasteiger partial charge in [-0.15, -0.1) is 0 Å². The van der Waals surface area contributed by atoms with E-state index < -0.39 is 0 Å². The van der Waals surface area contributed by atoms with Gasteiger partial charge in [0.15, 0.2) is 0 Å². The van der Waals surface area contributed by atoms with Gasteiger partial charge in [0.1, 0.15) is 17.1 Å². The molecule has 1 saturated heterocycles. The van der Waals surface area contributed by atoms with Gasteiger partial charge in [0.2, 0.25) is 0 Å². The molecule has 0 N–H and O–H groups in total. The lowest BCUT2D eigenvalue weighted by atomic mass is 9.65. The maximum atomic E-state index is 5.56. The lowest BCUT2D eigenvalue weighted by Gasteiger charge is -2.39. The Kier molecular flexibility index (Phi) is 3.35. The fraction of sp³-hybridized carbons (Fsp3) is 0.571. The van der Waals surface area contributed by atoms with Gasteiger partial charge in [-0.1, -0.05) is 32.9 Å². The van der Waals surface area contributed by atoms with Crippen molar-refractivity contribution in [3.05, 3.63) is 29.8 Å². The molecular weight excluding hydrogens is 296 g/mol. The Bertz CT molecular complexity index is 798. The van der Waals surface area contributed by atoms with Crippen molar-refractivity contribution in [2.75, 3.05) is 18.6 Å². The van der Waals surface area contributed by atoms with Gasteiger partial charge in [-0.25, -0.2) is 4.98 Å². The summed E-state index contributed by atoms with van der Waals surface area (Å²) in [5, 5.41) is 1.19. The summed E-state index contributed by atoms with van der Waals surface area (Å²) in [5.74, 6) is 1.99. The summed E-state index contributed by atoms with van der Waals surface area (Å²) < 4.78 is 5.56. The van der Waals surface area contributed by atoms with Crippen molar-refractivity contribution in [2.45, 2.75) is 53.0 Å². The Balaban J connectivity index is 1.80. The monoisotopic (exact) mass is 324 g/mol. The Labute approximate surface area is 145 Å². The molecule has 3 heteroatoms. The molecule has 2 heterocycles. The summed E-state index contributed by atoms with van der Waals surface area (Å²) in [4.78, 5) is 7.59. The van der Waals surface area contributed by atoms with Crippen LogP contribution in [-0.4, -0.2) is 24.7 Å². The summed E-state index contributed by atoms with van der Waals surface area (Å²) in [6, 6.07) is 9.06. The third-order valence-electron chi connectivity index (χ3n) is 5.92. The molecule has 2 fully saturated rings. The first-order chi connectivity index (χ1) is 11.3. The van der Waals surface area contributed by atoms with E-state index in [0.717, 1.165) is 23.6 Å². The molecule has 1 saturated carbocycles. The fourth-order valence-electron chi connectivity index (χ4n) is 5.41. The highest BCUT2D eigenvalue weighted by atomic mass is 16.5. The number of pyridine rings is 1. The summed E-state index contributed by atoms with van der Waals surface area (Å²) in [6.45, 7) is 10.6. The molecule has 1 aromatic heterocycles. The number of para-hydroxylation sites is 1. The Morgan fingerprint density at radius 2 is 2.00 bits per heavy atom. The van der Waals surface area contributed by atoms with Crippen molar-refractivity contribution < 1.29 is 4.74 Å². The summed E-state index contributed by atoms with van der Waals surface area (Å²) in [5.41, 5.74) is 3.11. The van der Waals surface area contributed by atoms with Crippen molar-refractivity contribution in [3.8, 4) is 5.75 Å². The molecule has 24 heavy (non-hydrogen) atoms. The maximum Gasteiger partial charge on any atom is 0.145 e. The summed E-state index contributed by atoms with van der Waals surface area (Å²) in [7, 11) is 1.73. The number of rotatable bonds is 2. The highest BCUT2D eigenvalue weighted by Crippen LogP contribution is 2.53. The molecule has 2 aliphatic rings. The van der Waals surface area contributed by atoms with Gasteiger partial charge in [0.05, 0.1) is 7.11 Å². The fourth-order valence-corrected chi connectivity index (χ4v) is 5.41. The van der Waals surface area contributed by atoms with Crippen molar-refractivity contribution in [3.63, 3.8) is 0 Å². The van der Waals surface area contributed by atoms with Crippen molar-refractivity contribution in [2.24, 2.45) is 10.8 Å². The zero-order valence-electron chi connectivity index (χ0n) is 15.5. The highest BCUT2D eigenvalue weighted by molar-refractivity contribution is 5.89. The quantitative estimate of drug-likeness (QED) is 0.781. The van der Waals surface area contributed by atoms with Gasteiger partial charge in [-0.2, -0.15) is 0 Å². The Hall–Kier alpha value is -1.77. The highest BCUT2D eigenvalue weighted by Gasteiger charge is 2.49. The molecule has 2 aromatic rings. The average Bonchev–Trinajstić information content (AvgIpc) is 2.75. The molecule has 0 amide bonds. The van der Waals surface area contributed by atoms with Crippen LogP contribution in [0.25, 0.3) is 10.9 Å². The van der Waals surface area contributed by atoms with E-state index in [1.807, 2.05) is 12.1 Å². The van der Waals surface area contributed by atoms with Crippen LogP contribution in [0.4, 0.5) is 5.82 Å². The second kappa shape index (κ2) is 5.11. The van der Waals surface area contributed by atoms with Crippen LogP contribution in [0.3, 0.4) is 0 Å². The van der Waals surface area contributed by atoms with Gasteiger partial charge in [0, 0.05) is 18.0 Å². The molecule has 1 aliphatic heterocycles. The zero-order chi connectivity index (χ0) is 17.1. The van der Waals surface area contributed by atoms with Crippen molar-refractivity contribution in [1.82, 2.24) is 4.98 Å². The third kappa shape index (κ3) is 2.45. The minimum atomic E-state index is 0.414. The SMILES string of the molecule is COc1cccc2c(C)cc(N3C[C@]4(C)C[C@@H]3CC(C)(C)C4)nc12. The van der Waals surface area contributed by atoms with Crippen LogP contribution in [-0.2, 0) is 0 Å². The minimum Gasteiger partial charge on any atom is -0.494 e. The van der Waals surface area contributed by atoms with E-state index in [9.17, 15) is 0 Å². The number of benzene rings is 1. The predicted molar refractivity (Wildman–Crippen MR) is 99.9 cm³/mol. The first-order valence-electron chi connectivity index (χ1n) is 9.01. The van der Waals surface area contributed by atoms with Crippen LogP contribution >= 0.6 is 0 Å². The smallest absolute Gasteiger partial charge is 0.145 e. The van der Waals surface area contributed by atoms with Crippen molar-refractivity contribution in [1.29, 1.82) is 0 Å². The molecule has 2 atom stereocenters. The number of anilines is 1. The molecule has 2 bridgehead atoms. The second-order valence-corrected chi connectivity index (χ2v) is 9.00. The van der Waals surface area contributed by atoms with Crippen LogP contribution in [0, 0.1) is 17.8 Å². The Morgan fingerprint density at radius 1 is 1.21 bits per heavy atom. The first-order valence-corrected chi connectivity index (χ1v) is 9.01. The lowest BCUT2D eigenvalue weighted by molar-refractivity contribution is 0.136. The van der Waals surface area contributed by atoms with Gasteiger partial charge in [-0.05, 0) is 54.7 Å². The summed E-state index contributed by atoms with van der Waals surface area (Å²) in [6.07, 6.45) is 3.86. The average molecular weight is 324 g/mol. The van der Waals surface area contributed by atoms with Gasteiger partial charge < -0.3 is 9.64 Å². The van der Waals surface area contributed by atoms with Gasteiger partial charge in [-0.3, -0.25) is 0 Å². The van der Waals surface area contributed by atoms with E-state index in [4.69, 9.17) is 9.72 Å². The molecular formula is C21H28N2O. The number of fused-ring (bicyclic) bond motifs is 3. The normalized spacial score (nSPS) is 28.4. The van der Waals surface area contributed by atoms with Crippen molar-refractivity contribution >= 4 is 16.7 Å². The molecule has 0 radical (unpaired) electrons. The number of methoxy groups -OCH3 is 1. The standard InChI is InChI=1S/C21H28N2O/c1-14-9-18(22-19-16(14)7-6-8-17(19)24-5)23-13-21(4)11-15(23)10-20(2,3)12-21/h6-9,15H,10-13H2,1-5H3/t15-,21+/m0/s1. The van der Waals surface area contributed by atoms with Crippen LogP contribution in [0.2, 0.25) is 0 Å². The van der Waals surface area contributed by atoms with E-state index in [-0.39, 0.29) is 0 Å². The number of hydrogen-bond donors (Lipinski definition) is 0.